The molecule has 2 heterocycles. The number of halogens is 7. The average molecular weight is 611 g/mol. The molecule has 180 valence electrons. The fourth-order valence-corrected chi connectivity index (χ4v) is 5.72. The number of alkyl halides is 6. The minimum absolute atomic E-state index is 0.105. The number of hydrogen-bond donors (Lipinski definition) is 1. The number of nitrogens with one attached hydrogen (secondary N) is 1. The fourth-order valence-electron chi connectivity index (χ4n) is 3.41. The van der Waals surface area contributed by atoms with Crippen molar-refractivity contribution in [3.8, 4) is 5.75 Å². The van der Waals surface area contributed by atoms with Crippen molar-refractivity contribution in [3.63, 3.8) is 0 Å². The van der Waals surface area contributed by atoms with Gasteiger partial charge < -0.3 is 14.4 Å². The zero-order chi connectivity index (χ0) is 24.7. The highest BCUT2D eigenvalue weighted by Gasteiger charge is 2.34. The van der Waals surface area contributed by atoms with Crippen LogP contribution in [0.5, 0.6) is 5.75 Å². The summed E-state index contributed by atoms with van der Waals surface area (Å²) in [5, 5.41) is 4.92. The minimum atomic E-state index is -4.79. The Morgan fingerprint density at radius 1 is 1.03 bits per heavy atom. The number of anilines is 3. The Balaban J connectivity index is 1.78. The second-order valence-electron chi connectivity index (χ2n) is 7.09. The van der Waals surface area contributed by atoms with Crippen LogP contribution in [0.15, 0.2) is 59.5 Å². The molecule has 1 aliphatic rings. The molecule has 34 heavy (non-hydrogen) atoms. The molecule has 0 saturated carbocycles. The average Bonchev–Trinajstić information content (AvgIpc) is 2.90. The molecule has 1 unspecified atom stereocenters. The van der Waals surface area contributed by atoms with Crippen molar-refractivity contribution in [2.24, 2.45) is 0 Å². The predicted molar refractivity (Wildman–Crippen MR) is 129 cm³/mol. The molecule has 1 aromatic heterocycles. The zero-order valence-electron chi connectivity index (χ0n) is 17.3. The van der Waals surface area contributed by atoms with Gasteiger partial charge in [0.05, 0.1) is 17.9 Å². The van der Waals surface area contributed by atoms with E-state index in [1.807, 2.05) is 28.7 Å². The highest BCUT2D eigenvalue weighted by Crippen LogP contribution is 2.45. The van der Waals surface area contributed by atoms with E-state index in [0.717, 1.165) is 15.3 Å². The van der Waals surface area contributed by atoms with Gasteiger partial charge in [0.15, 0.2) is 0 Å². The molecule has 0 amide bonds. The second kappa shape index (κ2) is 9.29. The van der Waals surface area contributed by atoms with Crippen LogP contribution in [0, 0.1) is 3.57 Å². The highest BCUT2D eigenvalue weighted by atomic mass is 127. The first-order valence-corrected chi connectivity index (χ1v) is 12.1. The van der Waals surface area contributed by atoms with Crippen LogP contribution in [0.4, 0.5) is 43.5 Å². The summed E-state index contributed by atoms with van der Waals surface area (Å²) in [5.41, 5.74) is 0.856. The molecule has 0 bridgehead atoms. The smallest absolute Gasteiger partial charge is 0.406 e. The van der Waals surface area contributed by atoms with Crippen molar-refractivity contribution in [1.29, 1.82) is 0 Å². The maximum atomic E-state index is 13.2. The molecule has 0 spiro atoms. The largest absolute Gasteiger partial charge is 0.573 e. The molecule has 0 radical (unpaired) electrons. The molecule has 0 aliphatic carbocycles. The maximum absolute atomic E-state index is 13.2. The van der Waals surface area contributed by atoms with Crippen molar-refractivity contribution in [3.05, 3.63) is 69.4 Å². The number of fused-ring (bicyclic) bond motifs is 2. The molecule has 4 rings (SSSR count). The molecule has 12 heteroatoms. The lowest BCUT2D eigenvalue weighted by molar-refractivity contribution is -0.274. The van der Waals surface area contributed by atoms with Gasteiger partial charge in [0.1, 0.15) is 17.3 Å². The lowest BCUT2D eigenvalue weighted by Gasteiger charge is -2.29. The van der Waals surface area contributed by atoms with E-state index >= 15 is 0 Å². The maximum Gasteiger partial charge on any atom is 0.573 e. The van der Waals surface area contributed by atoms with Crippen molar-refractivity contribution in [2.45, 2.75) is 30.9 Å². The Hall–Kier alpha value is -2.48. The number of pyridine rings is 1. The van der Waals surface area contributed by atoms with Crippen molar-refractivity contribution >= 4 is 55.8 Å². The Morgan fingerprint density at radius 2 is 1.74 bits per heavy atom. The Labute approximate surface area is 207 Å². The molecule has 3 aromatic rings. The number of ether oxygens (including phenoxy) is 1. The summed E-state index contributed by atoms with van der Waals surface area (Å²) in [5.74, 6) is -0.231. The van der Waals surface area contributed by atoms with Crippen LogP contribution in [0.1, 0.15) is 18.2 Å². The van der Waals surface area contributed by atoms with Crippen molar-refractivity contribution in [2.75, 3.05) is 9.62 Å². The topological polar surface area (TPSA) is 37.4 Å². The molecule has 1 atom stereocenters. The Kier molecular flexibility index (Phi) is 6.73. The van der Waals surface area contributed by atoms with Crippen molar-refractivity contribution < 1.29 is 31.1 Å². The van der Waals surface area contributed by atoms with Gasteiger partial charge in [-0.15, -0.1) is 13.2 Å². The van der Waals surface area contributed by atoms with Crippen LogP contribution in [-0.2, 0) is 12.7 Å². The quantitative estimate of drug-likeness (QED) is 0.187. The summed E-state index contributed by atoms with van der Waals surface area (Å²) in [6.45, 7) is 2.05. The fraction of sp³-hybridized carbons (Fsp3) is 0.182. The number of benzene rings is 2. The monoisotopic (exact) mass is 611 g/mol. The third-order valence-electron chi connectivity index (χ3n) is 4.82. The molecule has 1 N–H and O–H groups in total. The zero-order valence-corrected chi connectivity index (χ0v) is 20.3. The number of hydrogen-bond acceptors (Lipinski definition) is 4. The number of aromatic nitrogens is 1. The van der Waals surface area contributed by atoms with Crippen molar-refractivity contribution in [1.82, 2.24) is 4.98 Å². The van der Waals surface area contributed by atoms with Crippen LogP contribution in [0.2, 0.25) is 0 Å². The van der Waals surface area contributed by atoms with Crippen LogP contribution < -0.4 is 14.4 Å². The van der Waals surface area contributed by atoms with E-state index in [0.29, 0.717) is 16.1 Å². The normalized spacial score (nSPS) is 14.6. The molecule has 0 fully saturated rings. The van der Waals surface area contributed by atoms with Gasteiger partial charge in [0.2, 0.25) is 0 Å². The summed E-state index contributed by atoms with van der Waals surface area (Å²) < 4.78 is 84.2. The summed E-state index contributed by atoms with van der Waals surface area (Å²) in [6.07, 6.45) is -9.38. The van der Waals surface area contributed by atoms with E-state index < -0.39 is 28.9 Å². The highest BCUT2D eigenvalue weighted by molar-refractivity contribution is 14.1. The van der Waals surface area contributed by atoms with E-state index in [-0.39, 0.29) is 18.1 Å². The summed E-state index contributed by atoms with van der Waals surface area (Å²) >= 11 is 2.14. The minimum Gasteiger partial charge on any atom is -0.406 e. The van der Waals surface area contributed by atoms with E-state index in [2.05, 4.69) is 37.6 Å². The predicted octanol–water partition coefficient (Wildman–Crippen LogP) is 7.73. The molecular weight excluding hydrogens is 595 g/mol. The molecular formula is C22H16F6IN3OS. The van der Waals surface area contributed by atoms with Crippen LogP contribution >= 0.6 is 33.3 Å². The van der Waals surface area contributed by atoms with E-state index in [9.17, 15) is 26.3 Å². The van der Waals surface area contributed by atoms with E-state index in [1.165, 1.54) is 18.2 Å². The van der Waals surface area contributed by atoms with Gasteiger partial charge in [-0.25, -0.2) is 4.98 Å². The first-order valence-electron chi connectivity index (χ1n) is 9.74. The molecule has 4 nitrogen and oxygen atoms in total. The summed E-state index contributed by atoms with van der Waals surface area (Å²) in [4.78, 5) is 4.52. The molecule has 0 saturated heterocycles. The Bertz CT molecular complexity index is 1240. The van der Waals surface area contributed by atoms with Crippen LogP contribution in [0.25, 0.3) is 0 Å². The first kappa shape index (κ1) is 24.6. The van der Waals surface area contributed by atoms with Gasteiger partial charge in [-0.1, -0.05) is 16.7 Å². The third kappa shape index (κ3) is 5.43. The first-order chi connectivity index (χ1) is 15.9. The number of nitrogens with zero attached hydrogens (tertiary/aromatic N) is 2. The second-order valence-corrected chi connectivity index (χ2v) is 10.4. The third-order valence-corrected chi connectivity index (χ3v) is 7.50. The van der Waals surface area contributed by atoms with Gasteiger partial charge in [-0.05, 0) is 83.4 Å². The van der Waals surface area contributed by atoms with E-state index in [4.69, 9.17) is 0 Å². The number of rotatable bonds is 3. The molecule has 2 aromatic carbocycles. The lowest BCUT2D eigenvalue weighted by atomic mass is 10.2. The summed E-state index contributed by atoms with van der Waals surface area (Å²) in [6, 6.07) is 13.4. The standard InChI is InChI=1S/C22H16F6IN3OS/c1-2-34(16-7-5-15(6-8-16)33-22(26,27)28)32-12-13-3-10-19(21(23,24)25)31-20(13)30-17-9-4-14(29)11-18(17)32/h2-11H,12H2,1H3,(H,30,31). The Morgan fingerprint density at radius 3 is 2.35 bits per heavy atom. The van der Waals surface area contributed by atoms with Gasteiger partial charge in [0, 0.05) is 14.0 Å². The summed E-state index contributed by atoms with van der Waals surface area (Å²) in [7, 11) is -0.745. The van der Waals surface area contributed by atoms with Crippen LogP contribution in [0.3, 0.4) is 0 Å². The van der Waals surface area contributed by atoms with Gasteiger partial charge in [0.25, 0.3) is 0 Å². The van der Waals surface area contributed by atoms with Gasteiger partial charge in [-0.2, -0.15) is 13.2 Å². The molecule has 1 aliphatic heterocycles. The van der Waals surface area contributed by atoms with Gasteiger partial charge >= 0.3 is 12.5 Å². The van der Waals surface area contributed by atoms with Crippen LogP contribution in [-0.4, -0.2) is 16.7 Å². The van der Waals surface area contributed by atoms with Gasteiger partial charge in [-0.3, -0.25) is 0 Å². The SMILES string of the molecule is C/C=S(\c1ccc(OC(F)(F)F)cc1)N1Cc2ccc(C(F)(F)F)nc2Nc2ccc(I)cc21. The lowest BCUT2D eigenvalue weighted by Crippen LogP contribution is -2.18. The van der Waals surface area contributed by atoms with E-state index in [1.54, 1.807) is 18.2 Å².